The number of benzene rings is 1. The van der Waals surface area contributed by atoms with E-state index in [-0.39, 0.29) is 11.9 Å². The normalized spacial score (nSPS) is 13.6. The molecule has 0 atom stereocenters. The summed E-state index contributed by atoms with van der Waals surface area (Å²) in [5, 5.41) is 17.8. The van der Waals surface area contributed by atoms with E-state index in [9.17, 15) is 5.26 Å². The Morgan fingerprint density at radius 1 is 1.24 bits per heavy atom. The first kappa shape index (κ1) is 19.0. The van der Waals surface area contributed by atoms with Crippen molar-refractivity contribution < 1.29 is 4.74 Å². The molecular weight excluding hydrogens is 364 g/mol. The number of pyridine rings is 1. The largest absolute Gasteiger partial charge is 0.491 e. The Labute approximate surface area is 170 Å². The molecule has 3 heterocycles. The van der Waals surface area contributed by atoms with Crippen molar-refractivity contribution in [3.8, 4) is 34.3 Å². The first-order chi connectivity index (χ1) is 14.0. The zero-order valence-electron chi connectivity index (χ0n) is 16.6. The highest BCUT2D eigenvalue weighted by Gasteiger charge is 2.18. The maximum Gasteiger partial charge on any atom is 0.142 e. The van der Waals surface area contributed by atoms with Crippen LogP contribution in [0.25, 0.3) is 22.5 Å². The van der Waals surface area contributed by atoms with Crippen molar-refractivity contribution in [2.75, 3.05) is 12.3 Å². The molecule has 0 saturated heterocycles. The average molecular weight is 388 g/mol. The van der Waals surface area contributed by atoms with Crippen LogP contribution in [0, 0.1) is 11.3 Å². The Bertz CT molecular complexity index is 1060. The van der Waals surface area contributed by atoms with Crippen molar-refractivity contribution in [2.24, 2.45) is 0 Å². The Morgan fingerprint density at radius 3 is 2.90 bits per heavy atom. The fourth-order valence-electron chi connectivity index (χ4n) is 3.53. The number of nitrogens with two attached hydrogens (primary N) is 1. The monoisotopic (exact) mass is 388 g/mol. The molecule has 7 nitrogen and oxygen atoms in total. The number of anilines is 1. The highest BCUT2D eigenvalue weighted by Crippen LogP contribution is 2.32. The van der Waals surface area contributed by atoms with Gasteiger partial charge in [-0.2, -0.15) is 10.4 Å². The van der Waals surface area contributed by atoms with Crippen LogP contribution < -0.4 is 15.8 Å². The molecular formula is C22H24N6O. The van der Waals surface area contributed by atoms with Gasteiger partial charge >= 0.3 is 0 Å². The number of nitrogens with one attached hydrogen (secondary N) is 1. The third-order valence-electron chi connectivity index (χ3n) is 4.83. The second kappa shape index (κ2) is 7.94. The van der Waals surface area contributed by atoms with E-state index in [0.29, 0.717) is 16.8 Å². The molecule has 0 aliphatic carbocycles. The number of aromatic nitrogens is 3. The van der Waals surface area contributed by atoms with Crippen LogP contribution in [0.5, 0.6) is 5.75 Å². The minimum Gasteiger partial charge on any atom is -0.491 e. The summed E-state index contributed by atoms with van der Waals surface area (Å²) in [5.41, 5.74) is 10.6. The lowest BCUT2D eigenvalue weighted by molar-refractivity contribution is 0.242. The number of hydrogen-bond acceptors (Lipinski definition) is 6. The predicted molar refractivity (Wildman–Crippen MR) is 112 cm³/mol. The van der Waals surface area contributed by atoms with E-state index in [1.54, 1.807) is 0 Å². The summed E-state index contributed by atoms with van der Waals surface area (Å²) in [5.74, 6) is 0.972. The van der Waals surface area contributed by atoms with Crippen molar-refractivity contribution in [1.29, 1.82) is 5.26 Å². The van der Waals surface area contributed by atoms with Crippen LogP contribution in [0.1, 0.15) is 31.5 Å². The van der Waals surface area contributed by atoms with Crippen LogP contribution in [0.15, 0.2) is 36.4 Å². The van der Waals surface area contributed by atoms with Gasteiger partial charge in [-0.1, -0.05) is 12.1 Å². The number of ether oxygens (including phenoxy) is 1. The topological polar surface area (TPSA) is 102 Å². The Morgan fingerprint density at radius 2 is 2.10 bits per heavy atom. The second-order valence-electron chi connectivity index (χ2n) is 7.40. The smallest absolute Gasteiger partial charge is 0.142 e. The molecule has 0 saturated carbocycles. The van der Waals surface area contributed by atoms with Crippen LogP contribution in [-0.2, 0) is 13.1 Å². The summed E-state index contributed by atoms with van der Waals surface area (Å²) >= 11 is 0. The molecule has 0 amide bonds. The molecule has 29 heavy (non-hydrogen) atoms. The summed E-state index contributed by atoms with van der Waals surface area (Å²) in [6, 6.07) is 13.8. The van der Waals surface area contributed by atoms with Crippen LogP contribution in [0.4, 0.5) is 5.82 Å². The van der Waals surface area contributed by atoms with Gasteiger partial charge in [0.2, 0.25) is 0 Å². The molecule has 0 bridgehead atoms. The average Bonchev–Trinajstić information content (AvgIpc) is 2.97. The highest BCUT2D eigenvalue weighted by atomic mass is 16.5. The van der Waals surface area contributed by atoms with Crippen molar-refractivity contribution in [1.82, 2.24) is 20.1 Å². The first-order valence-corrected chi connectivity index (χ1v) is 9.80. The van der Waals surface area contributed by atoms with Crippen molar-refractivity contribution in [3.63, 3.8) is 0 Å². The molecule has 7 heteroatoms. The van der Waals surface area contributed by atoms with Gasteiger partial charge in [-0.15, -0.1) is 0 Å². The SMILES string of the molecule is CC(C)Oc1cccc(-c2cc(-c3cc4n(n3)CCCNC4)c(C#N)c(N)n2)c1. The van der Waals surface area contributed by atoms with Crippen LogP contribution in [0.2, 0.25) is 0 Å². The fourth-order valence-corrected chi connectivity index (χ4v) is 3.53. The van der Waals surface area contributed by atoms with Gasteiger partial charge in [-0.05, 0) is 51.1 Å². The van der Waals surface area contributed by atoms with E-state index in [0.717, 1.165) is 48.8 Å². The number of fused-ring (bicyclic) bond motifs is 1. The van der Waals surface area contributed by atoms with E-state index in [1.165, 1.54) is 0 Å². The molecule has 0 unspecified atom stereocenters. The third kappa shape index (κ3) is 3.93. The van der Waals surface area contributed by atoms with E-state index in [4.69, 9.17) is 15.6 Å². The Balaban J connectivity index is 1.80. The molecule has 3 aromatic rings. The van der Waals surface area contributed by atoms with Gasteiger partial charge in [-0.25, -0.2) is 4.98 Å². The van der Waals surface area contributed by atoms with Crippen molar-refractivity contribution >= 4 is 5.82 Å². The molecule has 3 N–H and O–H groups in total. The highest BCUT2D eigenvalue weighted by molar-refractivity contribution is 5.78. The lowest BCUT2D eigenvalue weighted by Gasteiger charge is -2.12. The number of nitriles is 1. The van der Waals surface area contributed by atoms with Gasteiger partial charge in [0.15, 0.2) is 0 Å². The van der Waals surface area contributed by atoms with Gasteiger partial charge in [0, 0.05) is 24.2 Å². The predicted octanol–water partition coefficient (Wildman–Crippen LogP) is 3.35. The van der Waals surface area contributed by atoms with Gasteiger partial charge in [0.1, 0.15) is 23.2 Å². The van der Waals surface area contributed by atoms with E-state index < -0.39 is 0 Å². The maximum absolute atomic E-state index is 9.68. The van der Waals surface area contributed by atoms with Crippen LogP contribution >= 0.6 is 0 Å². The molecule has 2 aromatic heterocycles. The van der Waals surface area contributed by atoms with Gasteiger partial charge in [-0.3, -0.25) is 4.68 Å². The fraction of sp³-hybridized carbons (Fsp3) is 0.318. The van der Waals surface area contributed by atoms with Crippen LogP contribution in [0.3, 0.4) is 0 Å². The number of rotatable bonds is 4. The Hall–Kier alpha value is -3.37. The quantitative estimate of drug-likeness (QED) is 0.711. The minimum atomic E-state index is 0.0781. The minimum absolute atomic E-state index is 0.0781. The summed E-state index contributed by atoms with van der Waals surface area (Å²) in [4.78, 5) is 4.47. The molecule has 0 fully saturated rings. The number of aryl methyl sites for hydroxylation is 1. The summed E-state index contributed by atoms with van der Waals surface area (Å²) < 4.78 is 7.80. The standard InChI is InChI=1S/C22H24N6O/c1-14(2)29-17-6-3-5-15(9-17)20-11-18(19(12-23)22(24)26-20)21-10-16-13-25-7-4-8-28(16)27-21/h3,5-6,9-11,14,25H,4,7-8,13H2,1-2H3,(H2,24,26). The number of hydrogen-bond donors (Lipinski definition) is 2. The maximum atomic E-state index is 9.68. The van der Waals surface area contributed by atoms with Crippen LogP contribution in [-0.4, -0.2) is 27.4 Å². The van der Waals surface area contributed by atoms with Gasteiger partial charge in [0.05, 0.1) is 23.2 Å². The van der Waals surface area contributed by atoms with E-state index >= 15 is 0 Å². The third-order valence-corrected chi connectivity index (χ3v) is 4.83. The second-order valence-corrected chi connectivity index (χ2v) is 7.40. The lowest BCUT2D eigenvalue weighted by atomic mass is 10.0. The number of nitrogens with zero attached hydrogens (tertiary/aromatic N) is 4. The Kier molecular flexibility index (Phi) is 5.19. The van der Waals surface area contributed by atoms with Crippen molar-refractivity contribution in [3.05, 3.63) is 47.7 Å². The first-order valence-electron chi connectivity index (χ1n) is 9.80. The molecule has 1 aromatic carbocycles. The molecule has 4 rings (SSSR count). The summed E-state index contributed by atoms with van der Waals surface area (Å²) in [6.45, 7) is 6.56. The summed E-state index contributed by atoms with van der Waals surface area (Å²) in [6.07, 6.45) is 1.10. The molecule has 0 radical (unpaired) electrons. The molecule has 1 aliphatic rings. The van der Waals surface area contributed by atoms with Gasteiger partial charge < -0.3 is 15.8 Å². The molecule has 1 aliphatic heterocycles. The zero-order valence-corrected chi connectivity index (χ0v) is 16.6. The summed E-state index contributed by atoms with van der Waals surface area (Å²) in [7, 11) is 0. The molecule has 148 valence electrons. The lowest BCUT2D eigenvalue weighted by Crippen LogP contribution is -2.11. The van der Waals surface area contributed by atoms with E-state index in [2.05, 4.69) is 16.4 Å². The van der Waals surface area contributed by atoms with Gasteiger partial charge in [0.25, 0.3) is 0 Å². The molecule has 0 spiro atoms. The van der Waals surface area contributed by atoms with E-state index in [1.807, 2.05) is 54.9 Å². The van der Waals surface area contributed by atoms with Crippen molar-refractivity contribution in [2.45, 2.75) is 39.5 Å². The number of nitrogen functional groups attached to an aromatic ring is 1. The zero-order chi connectivity index (χ0) is 20.4.